The number of amides is 2. The fraction of sp³-hybridized carbons (Fsp3) is 0.942. The Morgan fingerprint density at radius 2 is 0.830 bits per heavy atom. The normalized spacial score (nSPS) is 53.0. The maximum absolute atomic E-state index is 16.4. The Bertz CT molecular complexity index is 2810. The van der Waals surface area contributed by atoms with Gasteiger partial charge in [-0.1, -0.05) is 0 Å². The fourth-order valence-corrected chi connectivity index (χ4v) is 14.7. The first-order valence-corrected chi connectivity index (χ1v) is 30.3. The number of carbonyl (C=O) groups excluding carboxylic acids is 3. The molecule has 7 aliphatic heterocycles. The minimum absolute atomic E-state index is 0.0169. The van der Waals surface area contributed by atoms with E-state index in [0.29, 0.717) is 6.92 Å². The molecule has 0 saturated carbocycles. The maximum Gasteiger partial charge on any atom is 0.260 e. The summed E-state index contributed by atoms with van der Waals surface area (Å²) in [5.74, 6) is -39.7. The van der Waals surface area contributed by atoms with E-state index in [2.05, 4.69) is 0 Å². The van der Waals surface area contributed by atoms with E-state index in [1.165, 1.54) is 5.32 Å². The van der Waals surface area contributed by atoms with Crippen molar-refractivity contribution in [2.75, 3.05) is 52.9 Å². The van der Waals surface area contributed by atoms with Gasteiger partial charge in [0, 0.05) is 13.8 Å². The van der Waals surface area contributed by atoms with Crippen LogP contribution < -0.4 is 16.4 Å². The van der Waals surface area contributed by atoms with E-state index in [4.69, 9.17) is 48.4 Å². The molecule has 25 unspecified atom stereocenters. The zero-order valence-electron chi connectivity index (χ0n) is 52.2. The summed E-state index contributed by atoms with van der Waals surface area (Å²) >= 11 is 0. The second-order valence-electron chi connectivity index (χ2n) is 25.4. The Labute approximate surface area is 559 Å². The van der Waals surface area contributed by atoms with E-state index in [1.54, 1.807) is 0 Å². The summed E-state index contributed by atoms with van der Waals surface area (Å²) < 4.78 is 53.5. The summed E-state index contributed by atoms with van der Waals surface area (Å²) in [6.45, 7) is -17.3. The van der Waals surface area contributed by atoms with Crippen molar-refractivity contribution >= 4 is 18.1 Å². The van der Waals surface area contributed by atoms with E-state index >= 15 is 9.90 Å². The van der Waals surface area contributed by atoms with Gasteiger partial charge in [0.2, 0.25) is 40.6 Å². The first kappa shape index (κ1) is 84.2. The molecule has 7 rings (SSSR count). The van der Waals surface area contributed by atoms with Gasteiger partial charge in [0.05, 0.1) is 58.9 Å². The molecule has 0 bridgehead atoms. The SMILES string of the molecule is CC(=O)N[C@H]1[C@H](O[C@@]2(C3(O)OC(CO)C(O)C(O)C3O)[C@@](O)(C3(O)OC(CO)C(O)C(O)C3O)[C@@](NC(C)=O)(C3(O)OC(CO)C(O)C(O)C3O)[C@@](O[C@@H]([C@H](O)[C@@H](N)C=O)[C@H](O)CO)(C3(O)OC(CO)C(O)C(O)C3O)O[C@@]2(CO)C2(O)OC(CO)C(O)C(O)C2O)O[C@H](CO)[C@@H](O)[C@@H]1O. The number of aliphatic hydroxyl groups is 33. The summed E-state index contributed by atoms with van der Waals surface area (Å²) in [5.41, 5.74) is -19.9. The number of nitrogens with one attached hydrogen (secondary N) is 2. The largest absolute Gasteiger partial charge is 0.394 e. The van der Waals surface area contributed by atoms with Crippen molar-refractivity contribution in [2.45, 2.75) is 248 Å². The number of aliphatic hydroxyl groups excluding tert-OH is 27. The van der Waals surface area contributed by atoms with Crippen LogP contribution in [0.25, 0.3) is 0 Å². The summed E-state index contributed by atoms with van der Waals surface area (Å²) in [5, 5.41) is 415. The van der Waals surface area contributed by atoms with Crippen LogP contribution in [0.2, 0.25) is 0 Å². The highest BCUT2D eigenvalue weighted by atomic mass is 16.8. The summed E-state index contributed by atoms with van der Waals surface area (Å²) in [7, 11) is 0. The molecule has 0 radical (unpaired) electrons. The molecule has 37 N–H and O–H groups in total. The molecule has 0 aromatic heterocycles. The zero-order valence-corrected chi connectivity index (χ0v) is 52.2. The van der Waals surface area contributed by atoms with Crippen LogP contribution in [0.5, 0.6) is 0 Å². The Morgan fingerprint density at radius 3 is 1.21 bits per heavy atom. The third-order valence-corrected chi connectivity index (χ3v) is 19.8. The Morgan fingerprint density at radius 1 is 0.480 bits per heavy atom. The third kappa shape index (κ3) is 11.6. The van der Waals surface area contributed by atoms with Crippen LogP contribution in [0, 0.1) is 0 Å². The first-order chi connectivity index (χ1) is 46.3. The Kier molecular flexibility index (Phi) is 25.2. The van der Waals surface area contributed by atoms with Gasteiger partial charge in [0.25, 0.3) is 11.6 Å². The summed E-state index contributed by atoms with van der Waals surface area (Å²) in [4.78, 5) is 41.7. The molecule has 48 nitrogen and oxygen atoms in total. The summed E-state index contributed by atoms with van der Waals surface area (Å²) in [6.07, 6.45) is -95.5. The molecule has 2 amide bonds. The Hall–Kier alpha value is -3.11. The first-order valence-electron chi connectivity index (χ1n) is 30.3. The minimum Gasteiger partial charge on any atom is -0.394 e. The molecule has 39 atom stereocenters. The highest BCUT2D eigenvalue weighted by Crippen LogP contribution is 2.74. The molecule has 7 aliphatic rings. The van der Waals surface area contributed by atoms with Gasteiger partial charge in [-0.2, -0.15) is 0 Å². The molecule has 48 heteroatoms. The molecule has 0 aliphatic carbocycles. The van der Waals surface area contributed by atoms with E-state index in [0.717, 1.165) is 0 Å². The molecule has 7 fully saturated rings. The van der Waals surface area contributed by atoms with Crippen molar-refractivity contribution in [2.24, 2.45) is 5.73 Å². The van der Waals surface area contributed by atoms with E-state index < -0.39 is 305 Å². The minimum atomic E-state index is -6.86. The number of hydrogen-bond acceptors (Lipinski definition) is 46. The lowest BCUT2D eigenvalue weighted by molar-refractivity contribution is -0.635. The molecule has 0 aromatic carbocycles. The highest BCUT2D eigenvalue weighted by molar-refractivity contribution is 5.76. The maximum atomic E-state index is 16.4. The topological polar surface area (TPSA) is 852 Å². The van der Waals surface area contributed by atoms with Crippen LogP contribution in [-0.4, -0.2) is 474 Å². The van der Waals surface area contributed by atoms with Crippen LogP contribution in [0.15, 0.2) is 0 Å². The Balaban J connectivity index is 2.13. The van der Waals surface area contributed by atoms with Crippen LogP contribution in [0.1, 0.15) is 13.8 Å². The molecular weight excluding hydrogens is 1390 g/mol. The highest BCUT2D eigenvalue weighted by Gasteiger charge is 3.05. The standard InChI is InChI=1S/C52H89N3O45/c1-12(65)54-22-30(75)24(69)16(5-58)92-42(22)99-51(47(89)40(84)34(79)28(73)20(9-62)96-47)43(11-64,44(86)37(81)31(76)25(70)17(6-59)93-44)100-52(98-36(15(67)4-57)23(68)14(53)3-56,48(90)41(85)35(80)29(74)21(10-63)97-48)49(55-13(2)66,45(87)38(82)32(77)26(71)18(7-60)94-45)50(51,91)46(88)39(83)33(78)27(72)19(8-61)95-46/h3,14-42,57-64,67-91H,4-11,53H2,1-2H3,(H,54,65)(H,55,66)/t14-,15+,16+,17?,18?,19?,20?,21?,22+,23+,24+,25?,26?,27?,28?,29?,30+,31?,32?,33?,34?,35?,36+,37?,38?,39?,40?,41?,42-,43-,44?,45?,46?,47?,48?,49-,50+,51-,52+/m0/s1. The van der Waals surface area contributed by atoms with Crippen molar-refractivity contribution in [3.63, 3.8) is 0 Å². The van der Waals surface area contributed by atoms with Crippen molar-refractivity contribution in [3.8, 4) is 0 Å². The van der Waals surface area contributed by atoms with E-state index in [-0.39, 0.29) is 6.92 Å². The number of ether oxygens (including phenoxy) is 9. The van der Waals surface area contributed by atoms with Gasteiger partial charge in [0.1, 0.15) is 171 Å². The molecule has 7 heterocycles. The smallest absolute Gasteiger partial charge is 0.260 e. The van der Waals surface area contributed by atoms with Gasteiger partial charge in [0.15, 0.2) is 23.0 Å². The van der Waals surface area contributed by atoms with Crippen molar-refractivity contribution in [1.29, 1.82) is 0 Å². The van der Waals surface area contributed by atoms with Crippen LogP contribution in [-0.2, 0) is 57.0 Å². The number of nitrogens with two attached hydrogens (primary N) is 1. The number of hydrogen-bond donors (Lipinski definition) is 36. The van der Waals surface area contributed by atoms with Gasteiger partial charge in [-0.15, -0.1) is 0 Å². The van der Waals surface area contributed by atoms with Gasteiger partial charge >= 0.3 is 0 Å². The van der Waals surface area contributed by atoms with E-state index in [9.17, 15) is 173 Å². The van der Waals surface area contributed by atoms with Crippen LogP contribution >= 0.6 is 0 Å². The monoisotopic (exact) mass is 1480 g/mol. The quantitative estimate of drug-likeness (QED) is 0.0422. The van der Waals surface area contributed by atoms with Gasteiger partial charge in [-0.3, -0.25) is 9.59 Å². The average molecular weight is 1480 g/mol. The second kappa shape index (κ2) is 29.9. The molecule has 0 aromatic rings. The summed E-state index contributed by atoms with van der Waals surface area (Å²) in [6, 6.07) is -6.00. The fourth-order valence-electron chi connectivity index (χ4n) is 14.7. The third-order valence-electron chi connectivity index (χ3n) is 19.8. The van der Waals surface area contributed by atoms with E-state index in [1.807, 2.05) is 5.32 Å². The number of rotatable bonds is 23. The van der Waals surface area contributed by atoms with Crippen molar-refractivity contribution in [1.82, 2.24) is 10.6 Å². The second-order valence-corrected chi connectivity index (χ2v) is 25.4. The molecule has 582 valence electrons. The van der Waals surface area contributed by atoms with Crippen molar-refractivity contribution in [3.05, 3.63) is 0 Å². The number of carbonyl (C=O) groups is 3. The average Bonchev–Trinajstić information content (AvgIpc) is 0.609. The lowest BCUT2D eigenvalue weighted by Gasteiger charge is -2.81. The molecule has 7 saturated heterocycles. The lowest BCUT2D eigenvalue weighted by atomic mass is 9.43. The lowest BCUT2D eigenvalue weighted by Crippen LogP contribution is -3.11. The van der Waals surface area contributed by atoms with Crippen LogP contribution in [0.3, 0.4) is 0 Å². The van der Waals surface area contributed by atoms with Gasteiger partial charge in [-0.25, -0.2) is 0 Å². The molecule has 0 spiro atoms. The molecular formula is C52H89N3O45. The van der Waals surface area contributed by atoms with Crippen LogP contribution in [0.4, 0.5) is 0 Å². The van der Waals surface area contributed by atoms with Gasteiger partial charge in [-0.05, 0) is 0 Å². The number of aldehydes is 1. The molecule has 100 heavy (non-hydrogen) atoms. The van der Waals surface area contributed by atoms with Crippen molar-refractivity contribution < 1.29 is 226 Å². The zero-order chi connectivity index (χ0) is 76.0. The predicted octanol–water partition coefficient (Wildman–Crippen LogP) is -24.8. The van der Waals surface area contributed by atoms with Gasteiger partial charge < -0.3 is 232 Å². The predicted molar refractivity (Wildman–Crippen MR) is 297 cm³/mol.